The van der Waals surface area contributed by atoms with E-state index in [-0.39, 0.29) is 54.7 Å². The molecule has 44 heavy (non-hydrogen) atoms. The number of likely N-dealkylation sites (tertiary alicyclic amines) is 1. The summed E-state index contributed by atoms with van der Waals surface area (Å²) in [5, 5.41) is 13.6. The van der Waals surface area contributed by atoms with Crippen molar-refractivity contribution in [2.45, 2.75) is 37.0 Å². The first-order valence-corrected chi connectivity index (χ1v) is 14.6. The van der Waals surface area contributed by atoms with Crippen molar-refractivity contribution in [2.24, 2.45) is 23.7 Å². The average Bonchev–Trinajstić information content (AvgIpc) is 3.85. The second-order valence-electron chi connectivity index (χ2n) is 12.1. The fourth-order valence-corrected chi connectivity index (χ4v) is 8.13. The van der Waals surface area contributed by atoms with Crippen LogP contribution in [0.4, 0.5) is 0 Å². The van der Waals surface area contributed by atoms with E-state index in [1.807, 2.05) is 0 Å². The molecule has 0 spiro atoms. The molecule has 3 amide bonds. The predicted molar refractivity (Wildman–Crippen MR) is 146 cm³/mol. The van der Waals surface area contributed by atoms with Crippen molar-refractivity contribution in [3.63, 3.8) is 0 Å². The van der Waals surface area contributed by atoms with Crippen molar-refractivity contribution in [1.82, 2.24) is 10.2 Å². The lowest BCUT2D eigenvalue weighted by Gasteiger charge is -2.39. The van der Waals surface area contributed by atoms with Crippen molar-refractivity contribution in [1.29, 1.82) is 0 Å². The molecule has 5 heterocycles. The number of carbonyl (C=O) groups is 4. The summed E-state index contributed by atoms with van der Waals surface area (Å²) in [6.45, 7) is -0.372. The summed E-state index contributed by atoms with van der Waals surface area (Å²) in [6, 6.07) is 6.18. The average molecular weight is 607 g/mol. The molecule has 230 valence electrons. The van der Waals surface area contributed by atoms with Gasteiger partial charge in [0.2, 0.25) is 30.3 Å². The van der Waals surface area contributed by atoms with E-state index in [0.717, 1.165) is 17.7 Å². The van der Waals surface area contributed by atoms with Gasteiger partial charge in [-0.1, -0.05) is 0 Å². The zero-order valence-electron chi connectivity index (χ0n) is 23.9. The van der Waals surface area contributed by atoms with Gasteiger partial charge in [0.1, 0.15) is 6.54 Å². The summed E-state index contributed by atoms with van der Waals surface area (Å²) in [6.07, 6.45) is 0.912. The SMILES string of the molecule is COc1cc([C@@H]2c3cc4c(cc3[C@@H](NC(=O)CN3C(=O)C5C6CCC(O6)C5C3=O)[C@H]3COC(=O)[C@H]23)OCO4)cc(OC)c1O. The number of benzene rings is 2. The number of hydrogen-bond acceptors (Lipinski definition) is 11. The number of rotatable bonds is 6. The van der Waals surface area contributed by atoms with E-state index in [9.17, 15) is 24.3 Å². The Kier molecular flexibility index (Phi) is 5.99. The maximum absolute atomic E-state index is 13.6. The molecule has 4 unspecified atom stereocenters. The van der Waals surface area contributed by atoms with Gasteiger partial charge < -0.3 is 38.8 Å². The standard InChI is InChI=1S/C31H30N2O11/c1-39-20-5-12(6-21(40-2)28(20)35)23-13-7-18-19(43-11-42-18)8-14(13)27(15-10-41-31(38)24(15)23)32-22(34)9-33-29(36)25-16-3-4-17(44-16)26(25)30(33)37/h5-8,15-17,23-27,35H,3-4,9-11H2,1-2H3,(H,32,34)/t15-,16?,17?,23+,24-,25?,26?,27+/m0/s1. The number of hydrogen-bond donors (Lipinski definition) is 2. The van der Waals surface area contributed by atoms with Crippen LogP contribution in [0.1, 0.15) is 41.5 Å². The lowest BCUT2D eigenvalue weighted by Crippen LogP contribution is -2.47. The minimum absolute atomic E-state index is 0.0168. The second-order valence-corrected chi connectivity index (χ2v) is 12.1. The summed E-state index contributed by atoms with van der Waals surface area (Å²) in [4.78, 5) is 54.4. The van der Waals surface area contributed by atoms with Crippen molar-refractivity contribution >= 4 is 23.7 Å². The molecule has 2 N–H and O–H groups in total. The van der Waals surface area contributed by atoms with Gasteiger partial charge in [0.15, 0.2) is 23.0 Å². The molecule has 2 aromatic carbocycles. The van der Waals surface area contributed by atoms with E-state index in [1.54, 1.807) is 24.3 Å². The van der Waals surface area contributed by atoms with Crippen LogP contribution in [0.2, 0.25) is 0 Å². The number of cyclic esters (lactones) is 1. The summed E-state index contributed by atoms with van der Waals surface area (Å²) in [7, 11) is 2.84. The number of phenols is 1. The lowest BCUT2D eigenvalue weighted by molar-refractivity contribution is -0.146. The molecule has 4 fully saturated rings. The highest BCUT2D eigenvalue weighted by atomic mass is 16.7. The molecule has 8 atom stereocenters. The highest BCUT2D eigenvalue weighted by Gasteiger charge is 2.62. The molecular formula is C31H30N2O11. The molecule has 0 radical (unpaired) electrons. The third-order valence-electron chi connectivity index (χ3n) is 10.0. The Hall–Kier alpha value is -4.52. The number of nitrogens with one attached hydrogen (secondary N) is 1. The summed E-state index contributed by atoms with van der Waals surface area (Å²) in [5.41, 5.74) is 2.00. The van der Waals surface area contributed by atoms with Crippen LogP contribution in [0.3, 0.4) is 0 Å². The van der Waals surface area contributed by atoms with Crippen LogP contribution in [0.5, 0.6) is 28.7 Å². The molecule has 13 heteroatoms. The molecule has 8 rings (SSSR count). The third kappa shape index (κ3) is 3.74. The fourth-order valence-electron chi connectivity index (χ4n) is 8.13. The number of amides is 3. The van der Waals surface area contributed by atoms with Gasteiger partial charge in [-0.05, 0) is 53.8 Å². The number of fused-ring (bicyclic) bond motifs is 8. The highest BCUT2D eigenvalue weighted by Crippen LogP contribution is 2.55. The van der Waals surface area contributed by atoms with Gasteiger partial charge in [-0.3, -0.25) is 24.1 Å². The van der Waals surface area contributed by atoms with Crippen molar-refractivity contribution in [2.75, 3.05) is 34.2 Å². The maximum atomic E-state index is 13.6. The Morgan fingerprint density at radius 1 is 0.909 bits per heavy atom. The zero-order chi connectivity index (χ0) is 30.4. The first-order valence-electron chi connectivity index (χ1n) is 14.6. The minimum Gasteiger partial charge on any atom is -0.502 e. The van der Waals surface area contributed by atoms with Crippen molar-refractivity contribution < 1.29 is 52.7 Å². The zero-order valence-corrected chi connectivity index (χ0v) is 23.9. The van der Waals surface area contributed by atoms with Gasteiger partial charge in [-0.2, -0.15) is 0 Å². The van der Waals surface area contributed by atoms with Crippen LogP contribution in [0.15, 0.2) is 24.3 Å². The summed E-state index contributed by atoms with van der Waals surface area (Å²) >= 11 is 0. The number of ether oxygens (including phenoxy) is 6. The lowest BCUT2D eigenvalue weighted by atomic mass is 9.65. The molecule has 0 saturated carbocycles. The number of esters is 1. The first kappa shape index (κ1) is 27.1. The molecular weight excluding hydrogens is 576 g/mol. The van der Waals surface area contributed by atoms with Crippen molar-refractivity contribution in [3.05, 3.63) is 41.0 Å². The van der Waals surface area contributed by atoms with Gasteiger partial charge in [-0.25, -0.2) is 0 Å². The molecule has 2 bridgehead atoms. The molecule has 5 aliphatic heterocycles. The van der Waals surface area contributed by atoms with Crippen molar-refractivity contribution in [3.8, 4) is 28.7 Å². The fraction of sp³-hybridized carbons (Fsp3) is 0.484. The monoisotopic (exact) mass is 606 g/mol. The number of aromatic hydroxyl groups is 1. The van der Waals surface area contributed by atoms with Gasteiger partial charge >= 0.3 is 5.97 Å². The largest absolute Gasteiger partial charge is 0.502 e. The molecule has 2 aromatic rings. The van der Waals surface area contributed by atoms with Crippen LogP contribution in [-0.2, 0) is 28.7 Å². The number of imide groups is 1. The Bertz CT molecular complexity index is 1570. The number of phenolic OH excluding ortho intramolecular Hbond substituents is 1. The van der Waals surface area contributed by atoms with Gasteiger partial charge in [-0.15, -0.1) is 0 Å². The normalized spacial score (nSPS) is 32.3. The van der Waals surface area contributed by atoms with E-state index in [2.05, 4.69) is 5.32 Å². The number of carbonyl (C=O) groups excluding carboxylic acids is 4. The summed E-state index contributed by atoms with van der Waals surface area (Å²) < 4.78 is 33.5. The Morgan fingerprint density at radius 3 is 2.14 bits per heavy atom. The summed E-state index contributed by atoms with van der Waals surface area (Å²) in [5.74, 6) is -3.45. The smallest absolute Gasteiger partial charge is 0.310 e. The number of methoxy groups -OCH3 is 2. The van der Waals surface area contributed by atoms with E-state index in [0.29, 0.717) is 28.2 Å². The van der Waals surface area contributed by atoms with Crippen LogP contribution >= 0.6 is 0 Å². The van der Waals surface area contributed by atoms with Crippen LogP contribution in [0.25, 0.3) is 0 Å². The Balaban J connectivity index is 1.16. The van der Waals surface area contributed by atoms with E-state index < -0.39 is 54.1 Å². The quantitative estimate of drug-likeness (QED) is 0.362. The third-order valence-corrected chi connectivity index (χ3v) is 10.0. The molecule has 4 saturated heterocycles. The minimum atomic E-state index is -0.727. The molecule has 0 aromatic heterocycles. The predicted octanol–water partition coefficient (Wildman–Crippen LogP) is 1.39. The molecule has 1 aliphatic carbocycles. The number of nitrogens with zero attached hydrogens (tertiary/aromatic N) is 1. The van der Waals surface area contributed by atoms with Crippen LogP contribution < -0.4 is 24.3 Å². The topological polar surface area (TPSA) is 159 Å². The second kappa shape index (κ2) is 9.74. The van der Waals surface area contributed by atoms with Gasteiger partial charge in [0.25, 0.3) is 0 Å². The Labute approximate surface area is 251 Å². The van der Waals surface area contributed by atoms with Gasteiger partial charge in [0, 0.05) is 11.8 Å². The Morgan fingerprint density at radius 2 is 1.52 bits per heavy atom. The first-order chi connectivity index (χ1) is 21.3. The van der Waals surface area contributed by atoms with E-state index in [4.69, 9.17) is 28.4 Å². The highest BCUT2D eigenvalue weighted by molar-refractivity contribution is 6.08. The van der Waals surface area contributed by atoms with E-state index in [1.165, 1.54) is 14.2 Å². The van der Waals surface area contributed by atoms with Crippen LogP contribution in [0, 0.1) is 23.7 Å². The van der Waals surface area contributed by atoms with Crippen LogP contribution in [-0.4, -0.2) is 80.1 Å². The van der Waals surface area contributed by atoms with E-state index >= 15 is 0 Å². The molecule has 13 nitrogen and oxygen atoms in total. The molecule has 6 aliphatic rings. The van der Waals surface area contributed by atoms with Gasteiger partial charge in [0.05, 0.1) is 56.8 Å². The maximum Gasteiger partial charge on any atom is 0.310 e.